The number of sulfonamides is 1. The average Bonchev–Trinajstić information content (AvgIpc) is 3.48. The highest BCUT2D eigenvalue weighted by Crippen LogP contribution is 2.43. The van der Waals surface area contributed by atoms with E-state index in [0.717, 1.165) is 29.0 Å². The minimum Gasteiger partial charge on any atom is -0.494 e. The van der Waals surface area contributed by atoms with Gasteiger partial charge in [0.25, 0.3) is 0 Å². The number of nitrogens with one attached hydrogen (secondary N) is 2. The van der Waals surface area contributed by atoms with Gasteiger partial charge in [0.05, 0.1) is 43.0 Å². The summed E-state index contributed by atoms with van der Waals surface area (Å²) >= 11 is 5.84. The Kier molecular flexibility index (Phi) is 6.81. The first kappa shape index (κ1) is 24.7. The molecule has 0 unspecified atom stereocenters. The van der Waals surface area contributed by atoms with Crippen LogP contribution in [-0.4, -0.2) is 41.4 Å². The zero-order chi connectivity index (χ0) is 26.0. The van der Waals surface area contributed by atoms with Crippen molar-refractivity contribution in [2.75, 3.05) is 23.0 Å². The van der Waals surface area contributed by atoms with Crippen LogP contribution in [0.2, 0.25) is 0 Å². The Balaban J connectivity index is 1.60. The van der Waals surface area contributed by atoms with Gasteiger partial charge in [-0.25, -0.2) is 8.42 Å². The number of hydrogen-bond donors (Lipinski definition) is 2. The van der Waals surface area contributed by atoms with E-state index in [4.69, 9.17) is 17.0 Å². The van der Waals surface area contributed by atoms with Crippen molar-refractivity contribution in [1.29, 1.82) is 0 Å². The first-order valence-corrected chi connectivity index (χ1v) is 13.9. The van der Waals surface area contributed by atoms with Gasteiger partial charge in [0.2, 0.25) is 10.0 Å². The van der Waals surface area contributed by atoms with Gasteiger partial charge in [0, 0.05) is 36.0 Å². The van der Waals surface area contributed by atoms with Crippen LogP contribution < -0.4 is 19.7 Å². The molecule has 1 fully saturated rings. The quantitative estimate of drug-likeness (QED) is 0.329. The van der Waals surface area contributed by atoms with Crippen molar-refractivity contribution in [1.82, 2.24) is 19.9 Å². The van der Waals surface area contributed by atoms with Gasteiger partial charge in [-0.3, -0.25) is 14.7 Å². The van der Waals surface area contributed by atoms with Crippen molar-refractivity contribution in [3.05, 3.63) is 102 Å². The van der Waals surface area contributed by atoms with E-state index in [1.54, 1.807) is 24.5 Å². The molecule has 0 saturated carbocycles. The molecule has 0 aliphatic carbocycles. The number of pyridine rings is 2. The third-order valence-corrected chi connectivity index (χ3v) is 6.99. The SMILES string of the molecule is COc1cc(N2C(=S)N[C@H](c3ccccn3)[C@@H]2c2cccn2Cc2ccccn2)ccc1NS(C)(=O)=O. The van der Waals surface area contributed by atoms with Crippen LogP contribution in [0.4, 0.5) is 11.4 Å². The van der Waals surface area contributed by atoms with Gasteiger partial charge < -0.3 is 19.5 Å². The second kappa shape index (κ2) is 10.2. The fourth-order valence-corrected chi connectivity index (χ4v) is 5.47. The number of anilines is 2. The van der Waals surface area contributed by atoms with Crippen molar-refractivity contribution in [3.8, 4) is 5.75 Å². The topological polar surface area (TPSA) is 101 Å². The minimum atomic E-state index is -3.48. The molecule has 1 aliphatic rings. The standard InChI is InChI=1S/C26H26N6O3S2/c1-35-23-16-19(11-12-20(23)30-37(2,33)34)32-25(24(29-26(32)36)21-9-4-6-14-28-21)22-10-7-15-31(22)17-18-8-3-5-13-27-18/h3-16,24-25,30H,17H2,1-2H3,(H,29,36)/t24-,25+/m1/s1. The molecule has 0 bridgehead atoms. The fraction of sp³-hybridized carbons (Fsp3) is 0.192. The number of rotatable bonds is 8. The lowest BCUT2D eigenvalue weighted by molar-refractivity contribution is 0.417. The number of nitrogens with zero attached hydrogens (tertiary/aromatic N) is 4. The van der Waals surface area contributed by atoms with Crippen LogP contribution in [0, 0.1) is 0 Å². The summed E-state index contributed by atoms with van der Waals surface area (Å²) in [5.41, 5.74) is 3.91. The van der Waals surface area contributed by atoms with Crippen LogP contribution >= 0.6 is 12.2 Å². The molecule has 4 aromatic rings. The van der Waals surface area contributed by atoms with Gasteiger partial charge >= 0.3 is 0 Å². The number of aromatic nitrogens is 3. The highest BCUT2D eigenvalue weighted by molar-refractivity contribution is 7.92. The summed E-state index contributed by atoms with van der Waals surface area (Å²) in [6.45, 7) is 0.593. The first-order valence-electron chi connectivity index (χ1n) is 11.6. The summed E-state index contributed by atoms with van der Waals surface area (Å²) in [5, 5.41) is 3.98. The highest BCUT2D eigenvalue weighted by Gasteiger charge is 2.42. The predicted molar refractivity (Wildman–Crippen MR) is 147 cm³/mol. The van der Waals surface area contributed by atoms with Crippen LogP contribution in [0.1, 0.15) is 29.2 Å². The lowest BCUT2D eigenvalue weighted by atomic mass is 10.0. The molecular formula is C26H26N6O3S2. The molecule has 190 valence electrons. The van der Waals surface area contributed by atoms with Gasteiger partial charge in [-0.2, -0.15) is 0 Å². The van der Waals surface area contributed by atoms with Crippen molar-refractivity contribution in [3.63, 3.8) is 0 Å². The van der Waals surface area contributed by atoms with Gasteiger partial charge in [-0.1, -0.05) is 12.1 Å². The largest absolute Gasteiger partial charge is 0.494 e. The zero-order valence-corrected chi connectivity index (χ0v) is 21.9. The van der Waals surface area contributed by atoms with Crippen LogP contribution in [0.15, 0.2) is 85.3 Å². The molecule has 3 aromatic heterocycles. The summed E-state index contributed by atoms with van der Waals surface area (Å²) < 4.78 is 33.8. The maximum absolute atomic E-state index is 11.8. The molecule has 37 heavy (non-hydrogen) atoms. The second-order valence-corrected chi connectivity index (χ2v) is 10.8. The Morgan fingerprint density at radius 3 is 2.51 bits per heavy atom. The van der Waals surface area contributed by atoms with Crippen molar-refractivity contribution in [2.45, 2.75) is 18.6 Å². The van der Waals surface area contributed by atoms with Crippen molar-refractivity contribution < 1.29 is 13.2 Å². The van der Waals surface area contributed by atoms with Crippen LogP contribution in [-0.2, 0) is 16.6 Å². The van der Waals surface area contributed by atoms with E-state index < -0.39 is 10.0 Å². The molecule has 5 rings (SSSR count). The summed E-state index contributed by atoms with van der Waals surface area (Å²) in [6.07, 6.45) is 6.68. The second-order valence-electron chi connectivity index (χ2n) is 8.64. The molecule has 4 heterocycles. The van der Waals surface area contributed by atoms with Gasteiger partial charge in [0.1, 0.15) is 11.8 Å². The van der Waals surface area contributed by atoms with E-state index in [1.165, 1.54) is 7.11 Å². The maximum atomic E-state index is 11.8. The molecule has 2 atom stereocenters. The molecule has 0 spiro atoms. The van der Waals surface area contributed by atoms with E-state index in [1.807, 2.05) is 59.6 Å². The third-order valence-electron chi connectivity index (χ3n) is 6.08. The van der Waals surface area contributed by atoms with E-state index in [0.29, 0.717) is 23.1 Å². The van der Waals surface area contributed by atoms with Crippen LogP contribution in [0.3, 0.4) is 0 Å². The third kappa shape index (κ3) is 5.27. The smallest absolute Gasteiger partial charge is 0.229 e. The minimum absolute atomic E-state index is 0.231. The van der Waals surface area contributed by atoms with E-state index in [9.17, 15) is 8.42 Å². The van der Waals surface area contributed by atoms with Crippen molar-refractivity contribution in [2.24, 2.45) is 0 Å². The molecule has 1 aliphatic heterocycles. The maximum Gasteiger partial charge on any atom is 0.229 e. The predicted octanol–water partition coefficient (Wildman–Crippen LogP) is 3.88. The Labute approximate surface area is 221 Å². The number of methoxy groups -OCH3 is 1. The fourth-order valence-electron chi connectivity index (χ4n) is 4.55. The van der Waals surface area contributed by atoms with E-state index >= 15 is 0 Å². The summed E-state index contributed by atoms with van der Waals surface area (Å²) in [6, 6.07) is 20.5. The lowest BCUT2D eigenvalue weighted by Gasteiger charge is -2.29. The Morgan fingerprint density at radius 1 is 1.05 bits per heavy atom. The van der Waals surface area contributed by atoms with E-state index in [-0.39, 0.29) is 12.1 Å². The number of ether oxygens (including phenoxy) is 1. The summed E-state index contributed by atoms with van der Waals surface area (Å²) in [5.74, 6) is 0.384. The zero-order valence-electron chi connectivity index (χ0n) is 20.3. The Hall–Kier alpha value is -3.96. The summed E-state index contributed by atoms with van der Waals surface area (Å²) in [7, 11) is -1.98. The monoisotopic (exact) mass is 534 g/mol. The number of thiocarbonyl (C=S) groups is 1. The van der Waals surface area contributed by atoms with Crippen molar-refractivity contribution >= 4 is 38.7 Å². The van der Waals surface area contributed by atoms with Crippen LogP contribution in [0.25, 0.3) is 0 Å². The Bertz CT molecular complexity index is 1510. The van der Waals surface area contributed by atoms with Gasteiger partial charge in [-0.05, 0) is 60.7 Å². The first-order chi connectivity index (χ1) is 17.8. The van der Waals surface area contributed by atoms with Gasteiger partial charge in [-0.15, -0.1) is 0 Å². The molecule has 2 N–H and O–H groups in total. The molecular weight excluding hydrogens is 508 g/mol. The molecule has 11 heteroatoms. The summed E-state index contributed by atoms with van der Waals surface area (Å²) in [4.78, 5) is 11.1. The van der Waals surface area contributed by atoms with Gasteiger partial charge in [0.15, 0.2) is 5.11 Å². The molecule has 1 aromatic carbocycles. The van der Waals surface area contributed by atoms with E-state index in [2.05, 4.69) is 30.6 Å². The average molecular weight is 535 g/mol. The number of hydrogen-bond acceptors (Lipinski definition) is 6. The normalized spacial score (nSPS) is 17.5. The molecule has 0 amide bonds. The molecule has 9 nitrogen and oxygen atoms in total. The molecule has 0 radical (unpaired) electrons. The Morgan fingerprint density at radius 2 is 1.84 bits per heavy atom. The highest BCUT2D eigenvalue weighted by atomic mass is 32.2. The lowest BCUT2D eigenvalue weighted by Crippen LogP contribution is -2.30. The molecule has 1 saturated heterocycles. The van der Waals surface area contributed by atoms with Crippen LogP contribution in [0.5, 0.6) is 5.75 Å². The number of benzene rings is 1.